The van der Waals surface area contributed by atoms with Crippen LogP contribution in [-0.2, 0) is 4.79 Å². The number of nitro groups is 1. The Labute approximate surface area is 116 Å². The molecule has 0 atom stereocenters. The predicted molar refractivity (Wildman–Crippen MR) is 72.3 cm³/mol. The monoisotopic (exact) mass is 276 g/mol. The zero-order valence-corrected chi connectivity index (χ0v) is 11.3. The topological polar surface area (TPSA) is 80.5 Å². The second kappa shape index (κ2) is 5.81. The first-order valence-electron chi connectivity index (χ1n) is 6.61. The quantitative estimate of drug-likeness (QED) is 0.472. The Kier molecular flexibility index (Phi) is 4.12. The molecular formula is C14H16N2O4. The first-order chi connectivity index (χ1) is 9.52. The molecule has 1 saturated heterocycles. The van der Waals surface area contributed by atoms with Gasteiger partial charge in [0.05, 0.1) is 4.92 Å². The molecule has 6 nitrogen and oxygen atoms in total. The number of carbonyl (C=O) groups is 2. The minimum Gasteiger partial charge on any atom is -0.278 e. The molecule has 1 heterocycles. The summed E-state index contributed by atoms with van der Waals surface area (Å²) in [7, 11) is 0. The molecule has 1 aliphatic rings. The number of aryl methyl sites for hydroxylation is 1. The number of hydrogen-bond acceptors (Lipinski definition) is 4. The Morgan fingerprint density at radius 2 is 2.05 bits per heavy atom. The third kappa shape index (κ3) is 2.68. The van der Waals surface area contributed by atoms with E-state index < -0.39 is 10.8 Å². The first-order valence-corrected chi connectivity index (χ1v) is 6.61. The van der Waals surface area contributed by atoms with Crippen LogP contribution in [0.1, 0.15) is 41.6 Å². The van der Waals surface area contributed by atoms with Crippen molar-refractivity contribution < 1.29 is 14.5 Å². The zero-order valence-electron chi connectivity index (χ0n) is 11.3. The van der Waals surface area contributed by atoms with Gasteiger partial charge in [-0.15, -0.1) is 0 Å². The van der Waals surface area contributed by atoms with Gasteiger partial charge in [-0.05, 0) is 25.8 Å². The van der Waals surface area contributed by atoms with Crippen molar-refractivity contribution in [2.75, 3.05) is 6.54 Å². The predicted octanol–water partition coefficient (Wildman–Crippen LogP) is 2.45. The number of likely N-dealkylation sites (tertiary alicyclic amines) is 1. The van der Waals surface area contributed by atoms with Gasteiger partial charge in [0, 0.05) is 18.5 Å². The van der Waals surface area contributed by atoms with E-state index >= 15 is 0 Å². The van der Waals surface area contributed by atoms with Gasteiger partial charge in [0.1, 0.15) is 5.56 Å². The lowest BCUT2D eigenvalue weighted by Gasteiger charge is -2.18. The fourth-order valence-corrected chi connectivity index (χ4v) is 2.42. The highest BCUT2D eigenvalue weighted by atomic mass is 16.6. The average molecular weight is 276 g/mol. The summed E-state index contributed by atoms with van der Waals surface area (Å²) in [5, 5.41) is 11.1. The smallest absolute Gasteiger partial charge is 0.278 e. The number of benzene rings is 1. The number of carbonyl (C=O) groups excluding carboxylic acids is 2. The van der Waals surface area contributed by atoms with E-state index in [1.807, 2.05) is 0 Å². The third-order valence-corrected chi connectivity index (χ3v) is 3.47. The summed E-state index contributed by atoms with van der Waals surface area (Å²) in [4.78, 5) is 36.1. The van der Waals surface area contributed by atoms with Crippen LogP contribution in [0.2, 0.25) is 0 Å². The third-order valence-electron chi connectivity index (χ3n) is 3.47. The van der Waals surface area contributed by atoms with Gasteiger partial charge in [-0.3, -0.25) is 24.6 Å². The molecule has 6 heteroatoms. The lowest BCUT2D eigenvalue weighted by atomic mass is 10.1. The van der Waals surface area contributed by atoms with Crippen LogP contribution in [0, 0.1) is 17.0 Å². The summed E-state index contributed by atoms with van der Waals surface area (Å²) in [6.45, 7) is 1.92. The second-order valence-electron chi connectivity index (χ2n) is 4.89. The maximum absolute atomic E-state index is 12.4. The molecule has 1 aromatic rings. The molecule has 1 aromatic carbocycles. The zero-order chi connectivity index (χ0) is 14.7. The van der Waals surface area contributed by atoms with Gasteiger partial charge in [-0.1, -0.05) is 18.6 Å². The van der Waals surface area contributed by atoms with Crippen LogP contribution in [0.5, 0.6) is 0 Å². The molecule has 0 bridgehead atoms. The van der Waals surface area contributed by atoms with Crippen LogP contribution in [0.15, 0.2) is 18.2 Å². The van der Waals surface area contributed by atoms with Gasteiger partial charge in [0.15, 0.2) is 0 Å². The van der Waals surface area contributed by atoms with E-state index in [4.69, 9.17) is 0 Å². The van der Waals surface area contributed by atoms with Gasteiger partial charge < -0.3 is 0 Å². The molecule has 0 aromatic heterocycles. The van der Waals surface area contributed by atoms with E-state index in [0.29, 0.717) is 18.5 Å². The fourth-order valence-electron chi connectivity index (χ4n) is 2.42. The van der Waals surface area contributed by atoms with Crippen molar-refractivity contribution in [3.63, 3.8) is 0 Å². The highest BCUT2D eigenvalue weighted by Gasteiger charge is 2.30. The van der Waals surface area contributed by atoms with Crippen molar-refractivity contribution in [1.29, 1.82) is 0 Å². The highest BCUT2D eigenvalue weighted by Crippen LogP contribution is 2.25. The molecule has 0 N–H and O–H groups in total. The van der Waals surface area contributed by atoms with Crippen LogP contribution in [0.4, 0.5) is 5.69 Å². The lowest BCUT2D eigenvalue weighted by Crippen LogP contribution is -2.36. The van der Waals surface area contributed by atoms with E-state index in [9.17, 15) is 19.7 Å². The van der Waals surface area contributed by atoms with Gasteiger partial charge >= 0.3 is 0 Å². The molecular weight excluding hydrogens is 260 g/mol. The highest BCUT2D eigenvalue weighted by molar-refractivity contribution is 6.07. The summed E-state index contributed by atoms with van der Waals surface area (Å²) in [6, 6.07) is 4.59. The first kappa shape index (κ1) is 14.2. The molecule has 0 saturated carbocycles. The maximum atomic E-state index is 12.4. The van der Waals surface area contributed by atoms with Gasteiger partial charge in [0.25, 0.3) is 11.6 Å². The van der Waals surface area contributed by atoms with E-state index in [0.717, 1.165) is 24.2 Å². The van der Waals surface area contributed by atoms with Crippen molar-refractivity contribution >= 4 is 17.5 Å². The van der Waals surface area contributed by atoms with Crippen LogP contribution in [0.25, 0.3) is 0 Å². The molecule has 0 aliphatic carbocycles. The average Bonchev–Trinajstić information content (AvgIpc) is 2.62. The van der Waals surface area contributed by atoms with Crippen molar-refractivity contribution in [3.8, 4) is 0 Å². The SMILES string of the molecule is Cc1cccc(C(=O)N2CCCCCC2=O)c1[N+](=O)[O-]. The summed E-state index contributed by atoms with van der Waals surface area (Å²) >= 11 is 0. The summed E-state index contributed by atoms with van der Waals surface area (Å²) in [6.07, 6.45) is 2.73. The van der Waals surface area contributed by atoms with Gasteiger partial charge in [0.2, 0.25) is 5.91 Å². The van der Waals surface area contributed by atoms with Crippen LogP contribution in [-0.4, -0.2) is 28.2 Å². The molecule has 0 radical (unpaired) electrons. The van der Waals surface area contributed by atoms with Crippen molar-refractivity contribution in [2.45, 2.75) is 32.6 Å². The summed E-state index contributed by atoms with van der Waals surface area (Å²) < 4.78 is 0. The Hall–Kier alpha value is -2.24. The van der Waals surface area contributed by atoms with E-state index in [2.05, 4.69) is 0 Å². The van der Waals surface area contributed by atoms with Gasteiger partial charge in [-0.2, -0.15) is 0 Å². The van der Waals surface area contributed by atoms with E-state index in [1.165, 1.54) is 6.07 Å². The minimum atomic E-state index is -0.565. The summed E-state index contributed by atoms with van der Waals surface area (Å²) in [5.74, 6) is -0.810. The van der Waals surface area contributed by atoms with E-state index in [-0.39, 0.29) is 17.2 Å². The largest absolute Gasteiger partial charge is 0.285 e. The van der Waals surface area contributed by atoms with Gasteiger partial charge in [-0.25, -0.2) is 0 Å². The molecule has 20 heavy (non-hydrogen) atoms. The molecule has 1 fully saturated rings. The second-order valence-corrected chi connectivity index (χ2v) is 4.89. The maximum Gasteiger partial charge on any atom is 0.285 e. The van der Waals surface area contributed by atoms with Crippen molar-refractivity contribution in [2.24, 2.45) is 0 Å². The molecule has 2 rings (SSSR count). The van der Waals surface area contributed by atoms with Crippen molar-refractivity contribution in [1.82, 2.24) is 4.90 Å². The fraction of sp³-hybridized carbons (Fsp3) is 0.429. The van der Waals surface area contributed by atoms with Crippen LogP contribution in [0.3, 0.4) is 0 Å². The number of nitrogens with zero attached hydrogens (tertiary/aromatic N) is 2. The van der Waals surface area contributed by atoms with E-state index in [1.54, 1.807) is 19.1 Å². The number of rotatable bonds is 2. The molecule has 0 unspecified atom stereocenters. The summed E-state index contributed by atoms with van der Waals surface area (Å²) in [5.41, 5.74) is 0.197. The molecule has 106 valence electrons. The molecule has 2 amide bonds. The van der Waals surface area contributed by atoms with Crippen molar-refractivity contribution in [3.05, 3.63) is 39.4 Å². The number of nitro benzene ring substituents is 1. The standard InChI is InChI=1S/C14H16N2O4/c1-10-6-5-7-11(13(10)16(19)20)14(18)15-9-4-2-3-8-12(15)17/h5-7H,2-4,8-9H2,1H3. The Morgan fingerprint density at radius 1 is 1.30 bits per heavy atom. The lowest BCUT2D eigenvalue weighted by molar-refractivity contribution is -0.385. The molecule has 1 aliphatic heterocycles. The minimum absolute atomic E-state index is 0.00903. The van der Waals surface area contributed by atoms with Crippen LogP contribution < -0.4 is 0 Å². The number of hydrogen-bond donors (Lipinski definition) is 0. The Morgan fingerprint density at radius 3 is 2.75 bits per heavy atom. The number of amides is 2. The molecule has 0 spiro atoms. The Balaban J connectivity index is 2.40. The normalized spacial score (nSPS) is 15.8. The van der Waals surface area contributed by atoms with Crippen LogP contribution >= 0.6 is 0 Å². The number of para-hydroxylation sites is 1. The number of imide groups is 1. The Bertz CT molecular complexity index is 568.